The van der Waals surface area contributed by atoms with E-state index in [0.717, 1.165) is 32.1 Å². The fraction of sp³-hybridized carbons (Fsp3) is 0.552. The van der Waals surface area contributed by atoms with Gasteiger partial charge in [0.05, 0.1) is 5.60 Å². The first-order valence-corrected chi connectivity index (χ1v) is 13.0. The van der Waals surface area contributed by atoms with Crippen molar-refractivity contribution in [2.45, 2.75) is 94.7 Å². The number of fused-ring (bicyclic) bond motifs is 5. The summed E-state index contributed by atoms with van der Waals surface area (Å²) in [7, 11) is 0. The summed E-state index contributed by atoms with van der Waals surface area (Å²) in [6.45, 7) is 2.58. The number of aliphatic hydroxyl groups is 1. The SMILES string of the molecule is CCCCCCC1(O)CC2CCCC(C1)N2C(=O)OCC1c2ccccc2-c2ccccc21. The van der Waals surface area contributed by atoms with Crippen molar-refractivity contribution in [1.82, 2.24) is 4.90 Å². The zero-order valence-corrected chi connectivity index (χ0v) is 19.8. The Hall–Kier alpha value is -2.33. The van der Waals surface area contributed by atoms with E-state index in [-0.39, 0.29) is 24.1 Å². The number of carbonyl (C=O) groups excluding carboxylic acids is 1. The van der Waals surface area contributed by atoms with Gasteiger partial charge in [0, 0.05) is 18.0 Å². The molecule has 2 fully saturated rings. The molecule has 2 aromatic rings. The van der Waals surface area contributed by atoms with Crippen LogP contribution in [0, 0.1) is 0 Å². The predicted octanol–water partition coefficient (Wildman–Crippen LogP) is 6.65. The molecule has 4 nitrogen and oxygen atoms in total. The van der Waals surface area contributed by atoms with Crippen LogP contribution in [-0.2, 0) is 4.74 Å². The zero-order chi connectivity index (χ0) is 22.8. The van der Waals surface area contributed by atoms with E-state index in [1.165, 1.54) is 41.5 Å². The van der Waals surface area contributed by atoms with Gasteiger partial charge in [-0.2, -0.15) is 0 Å². The van der Waals surface area contributed by atoms with E-state index >= 15 is 0 Å². The zero-order valence-electron chi connectivity index (χ0n) is 19.8. The minimum atomic E-state index is -0.621. The van der Waals surface area contributed by atoms with E-state index in [4.69, 9.17) is 4.74 Å². The molecule has 2 aliphatic heterocycles. The normalized spacial score (nSPS) is 26.1. The van der Waals surface area contributed by atoms with Gasteiger partial charge in [-0.15, -0.1) is 0 Å². The molecule has 2 bridgehead atoms. The van der Waals surface area contributed by atoms with Gasteiger partial charge in [0.25, 0.3) is 0 Å². The molecule has 2 saturated heterocycles. The highest BCUT2D eigenvalue weighted by Gasteiger charge is 2.47. The van der Waals surface area contributed by atoms with Crippen molar-refractivity contribution in [3.63, 3.8) is 0 Å². The molecule has 2 aromatic carbocycles. The Bertz CT molecular complexity index is 927. The second kappa shape index (κ2) is 9.50. The summed E-state index contributed by atoms with van der Waals surface area (Å²) in [5.74, 6) is 0.0847. The number of carbonyl (C=O) groups is 1. The number of hydrogen-bond donors (Lipinski definition) is 1. The summed E-state index contributed by atoms with van der Waals surface area (Å²) in [4.78, 5) is 15.3. The van der Waals surface area contributed by atoms with E-state index in [1.807, 2.05) is 4.90 Å². The number of rotatable bonds is 7. The first-order chi connectivity index (χ1) is 16.1. The molecule has 176 valence electrons. The van der Waals surface area contributed by atoms with E-state index in [1.54, 1.807) is 0 Å². The summed E-state index contributed by atoms with van der Waals surface area (Å²) < 4.78 is 6.00. The van der Waals surface area contributed by atoms with Crippen molar-refractivity contribution >= 4 is 6.09 Å². The molecule has 0 saturated carbocycles. The number of benzene rings is 2. The lowest BCUT2D eigenvalue weighted by molar-refractivity contribution is -0.0894. The van der Waals surface area contributed by atoms with Gasteiger partial charge in [0.1, 0.15) is 6.61 Å². The summed E-state index contributed by atoms with van der Waals surface area (Å²) in [6, 6.07) is 17.1. The molecule has 3 aliphatic rings. The van der Waals surface area contributed by atoms with E-state index in [9.17, 15) is 9.90 Å². The number of ether oxygens (including phenoxy) is 1. The Kier molecular flexibility index (Phi) is 6.47. The van der Waals surface area contributed by atoms with Gasteiger partial charge in [-0.05, 0) is 60.8 Å². The number of amides is 1. The largest absolute Gasteiger partial charge is 0.448 e. The summed E-state index contributed by atoms with van der Waals surface area (Å²) >= 11 is 0. The Morgan fingerprint density at radius 3 is 2.18 bits per heavy atom. The minimum Gasteiger partial charge on any atom is -0.448 e. The van der Waals surface area contributed by atoms with Gasteiger partial charge in [0.15, 0.2) is 0 Å². The van der Waals surface area contributed by atoms with Gasteiger partial charge in [0.2, 0.25) is 0 Å². The van der Waals surface area contributed by atoms with Crippen molar-refractivity contribution in [2.24, 2.45) is 0 Å². The second-order valence-corrected chi connectivity index (χ2v) is 10.4. The van der Waals surface area contributed by atoms with Crippen LogP contribution in [0.15, 0.2) is 48.5 Å². The molecule has 5 rings (SSSR count). The van der Waals surface area contributed by atoms with Crippen LogP contribution in [0.2, 0.25) is 0 Å². The summed E-state index contributed by atoms with van der Waals surface area (Å²) in [6.07, 6.45) is 9.83. The quantitative estimate of drug-likeness (QED) is 0.483. The first kappa shape index (κ1) is 22.5. The molecule has 0 spiro atoms. The smallest absolute Gasteiger partial charge is 0.410 e. The molecule has 1 amide bonds. The molecule has 33 heavy (non-hydrogen) atoms. The topological polar surface area (TPSA) is 49.8 Å². The van der Waals surface area contributed by atoms with Gasteiger partial charge in [-0.25, -0.2) is 4.79 Å². The van der Waals surface area contributed by atoms with Gasteiger partial charge >= 0.3 is 6.09 Å². The Morgan fingerprint density at radius 2 is 1.58 bits per heavy atom. The fourth-order valence-electron chi connectivity index (χ4n) is 6.58. The van der Waals surface area contributed by atoms with Gasteiger partial charge in [-0.3, -0.25) is 0 Å². The number of unbranched alkanes of at least 4 members (excludes halogenated alkanes) is 3. The fourth-order valence-corrected chi connectivity index (χ4v) is 6.58. The lowest BCUT2D eigenvalue weighted by Gasteiger charge is -2.51. The predicted molar refractivity (Wildman–Crippen MR) is 131 cm³/mol. The van der Waals surface area contributed by atoms with Crippen molar-refractivity contribution in [3.8, 4) is 11.1 Å². The highest BCUT2D eigenvalue weighted by atomic mass is 16.6. The minimum absolute atomic E-state index is 0.0847. The molecular formula is C29H37NO3. The Labute approximate surface area is 198 Å². The van der Waals surface area contributed by atoms with E-state index in [0.29, 0.717) is 19.4 Å². The Balaban J connectivity index is 1.26. The molecule has 0 radical (unpaired) electrons. The molecule has 0 aromatic heterocycles. The molecular weight excluding hydrogens is 410 g/mol. The monoisotopic (exact) mass is 447 g/mol. The van der Waals surface area contributed by atoms with Crippen LogP contribution in [0.4, 0.5) is 4.79 Å². The second-order valence-electron chi connectivity index (χ2n) is 10.4. The van der Waals surface area contributed by atoms with Crippen LogP contribution in [0.3, 0.4) is 0 Å². The molecule has 1 aliphatic carbocycles. The molecule has 2 unspecified atom stereocenters. The van der Waals surface area contributed by atoms with Crippen molar-refractivity contribution in [3.05, 3.63) is 59.7 Å². The standard InChI is InChI=1S/C29H37NO3/c1-2-3-4-9-17-29(32)18-21-11-10-12-22(19-29)30(21)28(31)33-20-27-25-15-7-5-13-23(25)24-14-6-8-16-26(24)27/h5-8,13-16,21-22,27,32H,2-4,9-12,17-20H2,1H3. The highest BCUT2D eigenvalue weighted by molar-refractivity contribution is 5.79. The number of nitrogens with zero attached hydrogens (tertiary/aromatic N) is 1. The third-order valence-corrected chi connectivity index (χ3v) is 8.14. The van der Waals surface area contributed by atoms with Crippen LogP contribution in [0.1, 0.15) is 88.2 Å². The van der Waals surface area contributed by atoms with Gasteiger partial charge < -0.3 is 14.7 Å². The third-order valence-electron chi connectivity index (χ3n) is 8.14. The Morgan fingerprint density at radius 1 is 0.970 bits per heavy atom. The van der Waals surface area contributed by atoms with Crippen molar-refractivity contribution < 1.29 is 14.6 Å². The first-order valence-electron chi connectivity index (χ1n) is 13.0. The summed E-state index contributed by atoms with van der Waals surface area (Å²) in [5, 5.41) is 11.3. The molecule has 1 N–H and O–H groups in total. The molecule has 4 heteroatoms. The van der Waals surface area contributed by atoms with Crippen LogP contribution < -0.4 is 0 Å². The lowest BCUT2D eigenvalue weighted by Crippen LogP contribution is -2.60. The van der Waals surface area contributed by atoms with Crippen LogP contribution in [0.5, 0.6) is 0 Å². The maximum atomic E-state index is 13.3. The lowest BCUT2D eigenvalue weighted by atomic mass is 9.73. The van der Waals surface area contributed by atoms with Crippen LogP contribution in [0.25, 0.3) is 11.1 Å². The molecule has 2 heterocycles. The highest BCUT2D eigenvalue weighted by Crippen LogP contribution is 2.45. The third kappa shape index (κ3) is 4.42. The van der Waals surface area contributed by atoms with Crippen LogP contribution in [-0.4, -0.2) is 40.4 Å². The average molecular weight is 448 g/mol. The number of hydrogen-bond acceptors (Lipinski definition) is 3. The summed E-state index contributed by atoms with van der Waals surface area (Å²) in [5.41, 5.74) is 4.36. The van der Waals surface area contributed by atoms with Crippen molar-refractivity contribution in [2.75, 3.05) is 6.61 Å². The van der Waals surface area contributed by atoms with E-state index in [2.05, 4.69) is 55.5 Å². The van der Waals surface area contributed by atoms with Crippen molar-refractivity contribution in [1.29, 1.82) is 0 Å². The van der Waals surface area contributed by atoms with Gasteiger partial charge in [-0.1, -0.05) is 81.1 Å². The maximum Gasteiger partial charge on any atom is 0.410 e. The average Bonchev–Trinajstić information content (AvgIpc) is 3.14. The van der Waals surface area contributed by atoms with Crippen LogP contribution >= 0.6 is 0 Å². The maximum absolute atomic E-state index is 13.3. The van der Waals surface area contributed by atoms with E-state index < -0.39 is 5.60 Å². The number of piperidine rings is 2. The molecule has 2 atom stereocenters.